The first-order valence-electron chi connectivity index (χ1n) is 6.70. The van der Waals surface area contributed by atoms with E-state index in [9.17, 15) is 9.90 Å². The molecule has 1 amide bonds. The number of carbonyl (C=O) groups is 1. The van der Waals surface area contributed by atoms with Crippen molar-refractivity contribution in [2.24, 2.45) is 5.92 Å². The lowest BCUT2D eigenvalue weighted by molar-refractivity contribution is 0.0882. The number of amides is 1. The van der Waals surface area contributed by atoms with Gasteiger partial charge in [-0.15, -0.1) is 0 Å². The molecular weight excluding hydrogens is 256 g/mol. The van der Waals surface area contributed by atoms with Crippen molar-refractivity contribution in [3.8, 4) is 0 Å². The Balaban J connectivity index is 2.14. The predicted octanol–water partition coefficient (Wildman–Crippen LogP) is 2.15. The third-order valence-corrected chi connectivity index (χ3v) is 3.08. The summed E-state index contributed by atoms with van der Waals surface area (Å²) in [5.74, 6) is 0.301. The Kier molecular flexibility index (Phi) is 4.29. The zero-order valence-corrected chi connectivity index (χ0v) is 11.7. The van der Waals surface area contributed by atoms with Gasteiger partial charge in [0.05, 0.1) is 12.6 Å². The van der Waals surface area contributed by atoms with Gasteiger partial charge in [-0.3, -0.25) is 4.79 Å². The Morgan fingerprint density at radius 3 is 2.80 bits per heavy atom. The largest absolute Gasteiger partial charge is 0.451 e. The van der Waals surface area contributed by atoms with Crippen molar-refractivity contribution in [3.05, 3.63) is 30.0 Å². The van der Waals surface area contributed by atoms with Crippen LogP contribution in [-0.4, -0.2) is 23.7 Å². The van der Waals surface area contributed by atoms with E-state index in [1.807, 2.05) is 13.8 Å². The van der Waals surface area contributed by atoms with Crippen LogP contribution in [0.15, 0.2) is 28.7 Å². The average Bonchev–Trinajstić information content (AvgIpc) is 2.80. The molecule has 4 N–H and O–H groups in total. The third kappa shape index (κ3) is 3.30. The van der Waals surface area contributed by atoms with Crippen LogP contribution in [0.4, 0.5) is 5.69 Å². The van der Waals surface area contributed by atoms with Crippen molar-refractivity contribution in [2.45, 2.75) is 26.3 Å². The van der Waals surface area contributed by atoms with Crippen LogP contribution in [-0.2, 0) is 0 Å². The summed E-state index contributed by atoms with van der Waals surface area (Å²) in [6, 6.07) is 6.61. The van der Waals surface area contributed by atoms with Crippen LogP contribution in [0.2, 0.25) is 0 Å². The summed E-state index contributed by atoms with van der Waals surface area (Å²) in [6.07, 6.45) is 0.718. The minimum atomic E-state index is -0.320. The predicted molar refractivity (Wildman–Crippen MR) is 78.4 cm³/mol. The molecule has 0 aliphatic rings. The Hall–Kier alpha value is -2.01. The monoisotopic (exact) mass is 276 g/mol. The number of fused-ring (bicyclic) bond motifs is 1. The number of nitrogens with two attached hydrogens (primary N) is 1. The maximum absolute atomic E-state index is 12.1. The number of hydrogen-bond acceptors (Lipinski definition) is 4. The lowest BCUT2D eigenvalue weighted by Gasteiger charge is -2.17. The van der Waals surface area contributed by atoms with E-state index < -0.39 is 0 Å². The molecular formula is C15H20N2O3. The molecule has 0 saturated heterocycles. The number of nitrogen functional groups attached to an aromatic ring is 1. The van der Waals surface area contributed by atoms with Crippen LogP contribution in [0.5, 0.6) is 0 Å². The molecule has 1 aromatic carbocycles. The standard InChI is InChI=1S/C15H20N2O3/c1-9(2)5-12(8-18)17-15(19)14-7-10-6-11(16)3-4-13(10)20-14/h3-4,6-7,9,12,18H,5,8,16H2,1-2H3,(H,17,19). The first kappa shape index (κ1) is 14.4. The quantitative estimate of drug-likeness (QED) is 0.730. The number of anilines is 1. The molecule has 0 radical (unpaired) electrons. The number of rotatable bonds is 5. The SMILES string of the molecule is CC(C)CC(CO)NC(=O)c1cc2cc(N)ccc2o1. The summed E-state index contributed by atoms with van der Waals surface area (Å²) < 4.78 is 5.49. The van der Waals surface area contributed by atoms with Gasteiger partial charge in [0.15, 0.2) is 5.76 Å². The van der Waals surface area contributed by atoms with Crippen molar-refractivity contribution in [2.75, 3.05) is 12.3 Å². The number of benzene rings is 1. The number of furan rings is 1. The van der Waals surface area contributed by atoms with Crippen LogP contribution >= 0.6 is 0 Å². The molecule has 0 aliphatic carbocycles. The highest BCUT2D eigenvalue weighted by molar-refractivity contribution is 5.96. The van der Waals surface area contributed by atoms with E-state index in [0.717, 1.165) is 11.8 Å². The van der Waals surface area contributed by atoms with E-state index in [4.69, 9.17) is 10.2 Å². The van der Waals surface area contributed by atoms with Crippen molar-refractivity contribution in [1.82, 2.24) is 5.32 Å². The zero-order chi connectivity index (χ0) is 14.7. The summed E-state index contributed by atoms with van der Waals surface area (Å²) in [5.41, 5.74) is 6.93. The molecule has 0 spiro atoms. The second-order valence-electron chi connectivity index (χ2n) is 5.39. The highest BCUT2D eigenvalue weighted by Gasteiger charge is 2.17. The van der Waals surface area contributed by atoms with E-state index in [1.54, 1.807) is 24.3 Å². The Morgan fingerprint density at radius 1 is 1.40 bits per heavy atom. The van der Waals surface area contributed by atoms with E-state index in [-0.39, 0.29) is 24.3 Å². The van der Waals surface area contributed by atoms with Gasteiger partial charge >= 0.3 is 0 Å². The molecule has 1 aromatic heterocycles. The number of hydrogen-bond donors (Lipinski definition) is 3. The molecule has 20 heavy (non-hydrogen) atoms. The summed E-state index contributed by atoms with van der Waals surface area (Å²) >= 11 is 0. The third-order valence-electron chi connectivity index (χ3n) is 3.08. The molecule has 0 aliphatic heterocycles. The fraction of sp³-hybridized carbons (Fsp3) is 0.400. The van der Waals surface area contributed by atoms with E-state index in [2.05, 4.69) is 5.32 Å². The van der Waals surface area contributed by atoms with Crippen LogP contribution in [0.25, 0.3) is 11.0 Å². The molecule has 108 valence electrons. The Bertz CT molecular complexity index is 604. The maximum Gasteiger partial charge on any atom is 0.287 e. The van der Waals surface area contributed by atoms with Gasteiger partial charge in [0.1, 0.15) is 5.58 Å². The molecule has 2 rings (SSSR count). The molecule has 5 heteroatoms. The first-order chi connectivity index (χ1) is 9.49. The van der Waals surface area contributed by atoms with E-state index in [1.165, 1.54) is 0 Å². The summed E-state index contributed by atoms with van der Waals surface area (Å²) in [7, 11) is 0. The fourth-order valence-electron chi connectivity index (χ4n) is 2.18. The second kappa shape index (κ2) is 5.96. The molecule has 1 heterocycles. The molecule has 2 aromatic rings. The smallest absolute Gasteiger partial charge is 0.287 e. The van der Waals surface area contributed by atoms with Gasteiger partial charge in [-0.05, 0) is 36.6 Å². The number of nitrogens with one attached hydrogen (secondary N) is 1. The summed E-state index contributed by atoms with van der Waals surface area (Å²) in [5, 5.41) is 12.9. The van der Waals surface area contributed by atoms with Crippen LogP contribution in [0.3, 0.4) is 0 Å². The molecule has 5 nitrogen and oxygen atoms in total. The Morgan fingerprint density at radius 2 is 2.15 bits per heavy atom. The minimum absolute atomic E-state index is 0.0862. The molecule has 1 atom stereocenters. The highest BCUT2D eigenvalue weighted by atomic mass is 16.3. The maximum atomic E-state index is 12.1. The number of carbonyl (C=O) groups excluding carboxylic acids is 1. The fourth-order valence-corrected chi connectivity index (χ4v) is 2.18. The number of aliphatic hydroxyl groups excluding tert-OH is 1. The van der Waals surface area contributed by atoms with Gasteiger partial charge in [0.25, 0.3) is 5.91 Å². The molecule has 0 bridgehead atoms. The van der Waals surface area contributed by atoms with Crippen molar-refractivity contribution in [3.63, 3.8) is 0 Å². The second-order valence-corrected chi connectivity index (χ2v) is 5.39. The van der Waals surface area contributed by atoms with Gasteiger partial charge in [-0.2, -0.15) is 0 Å². The van der Waals surface area contributed by atoms with Crippen LogP contribution in [0, 0.1) is 5.92 Å². The van der Waals surface area contributed by atoms with Crippen LogP contribution in [0.1, 0.15) is 30.8 Å². The first-order valence-corrected chi connectivity index (χ1v) is 6.70. The number of aliphatic hydroxyl groups is 1. The van der Waals surface area contributed by atoms with Gasteiger partial charge in [-0.25, -0.2) is 0 Å². The van der Waals surface area contributed by atoms with Crippen LogP contribution < -0.4 is 11.1 Å². The highest BCUT2D eigenvalue weighted by Crippen LogP contribution is 2.21. The van der Waals surface area contributed by atoms with Gasteiger partial charge in [-0.1, -0.05) is 13.8 Å². The lowest BCUT2D eigenvalue weighted by atomic mass is 10.0. The molecule has 0 fully saturated rings. The minimum Gasteiger partial charge on any atom is -0.451 e. The Labute approximate surface area is 117 Å². The van der Waals surface area contributed by atoms with E-state index >= 15 is 0 Å². The van der Waals surface area contributed by atoms with Gasteiger partial charge < -0.3 is 20.6 Å². The lowest BCUT2D eigenvalue weighted by Crippen LogP contribution is -2.38. The van der Waals surface area contributed by atoms with Gasteiger partial charge in [0, 0.05) is 11.1 Å². The van der Waals surface area contributed by atoms with Crippen molar-refractivity contribution >= 4 is 22.6 Å². The normalized spacial score (nSPS) is 12.8. The summed E-state index contributed by atoms with van der Waals surface area (Å²) in [4.78, 5) is 12.1. The van der Waals surface area contributed by atoms with Crippen molar-refractivity contribution in [1.29, 1.82) is 0 Å². The zero-order valence-electron chi connectivity index (χ0n) is 11.7. The van der Waals surface area contributed by atoms with Crippen molar-refractivity contribution < 1.29 is 14.3 Å². The average molecular weight is 276 g/mol. The van der Waals surface area contributed by atoms with E-state index in [0.29, 0.717) is 17.2 Å². The summed E-state index contributed by atoms with van der Waals surface area (Å²) in [6.45, 7) is 3.99. The topological polar surface area (TPSA) is 88.5 Å². The molecule has 1 unspecified atom stereocenters. The van der Waals surface area contributed by atoms with Gasteiger partial charge in [0.2, 0.25) is 0 Å². The molecule has 0 saturated carbocycles.